The maximum Gasteiger partial charge on any atom is 0.0899 e. The molecule has 1 atom stereocenters. The van der Waals surface area contributed by atoms with E-state index in [4.69, 9.17) is 18.0 Å². The summed E-state index contributed by atoms with van der Waals surface area (Å²) in [6, 6.07) is 0.227. The van der Waals surface area contributed by atoms with Crippen LogP contribution >= 0.6 is 12.2 Å². The first-order chi connectivity index (χ1) is 4.09. The second kappa shape index (κ2) is 3.80. The van der Waals surface area contributed by atoms with Crippen LogP contribution in [0.5, 0.6) is 0 Å². The second-order valence-electron chi connectivity index (χ2n) is 2.15. The Morgan fingerprint density at radius 1 is 1.78 bits per heavy atom. The number of nitrogens with zero attached hydrogens (tertiary/aromatic N) is 1. The molecule has 0 aliphatic carbocycles. The smallest absolute Gasteiger partial charge is 0.0899 e. The van der Waals surface area contributed by atoms with Crippen LogP contribution < -0.4 is 5.73 Å². The molecule has 0 spiro atoms. The summed E-state index contributed by atoms with van der Waals surface area (Å²) >= 11 is 4.80. The van der Waals surface area contributed by atoms with Crippen molar-refractivity contribution in [1.82, 2.24) is 4.90 Å². The molecular formula is C6H14N2S. The summed E-state index contributed by atoms with van der Waals surface area (Å²) in [5, 5.41) is 0. The lowest BCUT2D eigenvalue weighted by atomic mass is 10.3. The van der Waals surface area contributed by atoms with Crippen LogP contribution in [0.25, 0.3) is 0 Å². The van der Waals surface area contributed by atoms with E-state index in [1.54, 1.807) is 0 Å². The first-order valence-electron chi connectivity index (χ1n) is 3.09. The quantitative estimate of drug-likeness (QED) is 0.592. The van der Waals surface area contributed by atoms with Crippen molar-refractivity contribution in [3.05, 3.63) is 0 Å². The molecule has 2 N–H and O–H groups in total. The molecule has 0 aromatic heterocycles. The fraction of sp³-hybridized carbons (Fsp3) is 0.833. The van der Waals surface area contributed by atoms with Gasteiger partial charge in [-0.15, -0.1) is 0 Å². The fourth-order valence-corrected chi connectivity index (χ4v) is 0.671. The first-order valence-corrected chi connectivity index (χ1v) is 3.50. The zero-order valence-electron chi connectivity index (χ0n) is 6.22. The minimum atomic E-state index is 0.227. The van der Waals surface area contributed by atoms with Gasteiger partial charge in [-0.05, 0) is 20.5 Å². The van der Waals surface area contributed by atoms with Crippen LogP contribution in [0.1, 0.15) is 13.8 Å². The van der Waals surface area contributed by atoms with Gasteiger partial charge in [0, 0.05) is 0 Å². The molecule has 0 rings (SSSR count). The van der Waals surface area contributed by atoms with E-state index in [0.29, 0.717) is 4.99 Å². The molecular weight excluding hydrogens is 132 g/mol. The number of thiocarbonyl (C=S) groups is 1. The molecule has 0 aromatic carbocycles. The molecule has 3 heteroatoms. The number of likely N-dealkylation sites (N-methyl/N-ethyl adjacent to an activating group) is 1. The van der Waals surface area contributed by atoms with Crippen LogP contribution in [0.2, 0.25) is 0 Å². The standard InChI is InChI=1S/C6H14N2S/c1-4-8(3)5(2)6(7)9/h5H,4H2,1-3H3,(H2,7,9). The molecule has 0 saturated heterocycles. The zero-order valence-corrected chi connectivity index (χ0v) is 7.03. The zero-order chi connectivity index (χ0) is 7.44. The Kier molecular flexibility index (Phi) is 3.73. The molecule has 9 heavy (non-hydrogen) atoms. The van der Waals surface area contributed by atoms with E-state index in [9.17, 15) is 0 Å². The van der Waals surface area contributed by atoms with Gasteiger partial charge in [-0.1, -0.05) is 19.1 Å². The summed E-state index contributed by atoms with van der Waals surface area (Å²) in [5.74, 6) is 0. The highest BCUT2D eigenvalue weighted by atomic mass is 32.1. The molecule has 0 heterocycles. The Morgan fingerprint density at radius 3 is 2.33 bits per heavy atom. The molecule has 0 bridgehead atoms. The summed E-state index contributed by atoms with van der Waals surface area (Å²) in [6.07, 6.45) is 0. The molecule has 0 saturated carbocycles. The summed E-state index contributed by atoms with van der Waals surface area (Å²) in [4.78, 5) is 2.67. The van der Waals surface area contributed by atoms with Crippen LogP contribution in [-0.2, 0) is 0 Å². The van der Waals surface area contributed by atoms with Crippen molar-refractivity contribution in [2.75, 3.05) is 13.6 Å². The van der Waals surface area contributed by atoms with Crippen LogP contribution in [0, 0.1) is 0 Å². The lowest BCUT2D eigenvalue weighted by Crippen LogP contribution is -2.38. The molecule has 0 fully saturated rings. The van der Waals surface area contributed by atoms with E-state index in [2.05, 4.69) is 11.8 Å². The van der Waals surface area contributed by atoms with Gasteiger partial charge in [0.2, 0.25) is 0 Å². The lowest BCUT2D eigenvalue weighted by Gasteiger charge is -2.21. The van der Waals surface area contributed by atoms with E-state index in [1.807, 2.05) is 14.0 Å². The van der Waals surface area contributed by atoms with E-state index >= 15 is 0 Å². The molecule has 0 aliphatic heterocycles. The molecule has 0 aromatic rings. The highest BCUT2D eigenvalue weighted by Crippen LogP contribution is 1.93. The maximum atomic E-state index is 5.40. The van der Waals surface area contributed by atoms with Crippen molar-refractivity contribution < 1.29 is 0 Å². The third-order valence-corrected chi connectivity index (χ3v) is 1.91. The highest BCUT2D eigenvalue weighted by Gasteiger charge is 2.07. The van der Waals surface area contributed by atoms with Crippen LogP contribution in [-0.4, -0.2) is 29.5 Å². The number of hydrogen-bond donors (Lipinski definition) is 1. The minimum absolute atomic E-state index is 0.227. The van der Waals surface area contributed by atoms with Crippen LogP contribution in [0.15, 0.2) is 0 Å². The van der Waals surface area contributed by atoms with Crippen LogP contribution in [0.3, 0.4) is 0 Å². The summed E-state index contributed by atoms with van der Waals surface area (Å²) < 4.78 is 0. The third-order valence-electron chi connectivity index (χ3n) is 1.57. The second-order valence-corrected chi connectivity index (χ2v) is 2.62. The van der Waals surface area contributed by atoms with Gasteiger partial charge in [-0.2, -0.15) is 0 Å². The van der Waals surface area contributed by atoms with Crippen molar-refractivity contribution in [2.24, 2.45) is 5.73 Å². The Labute approximate surface area is 62.0 Å². The van der Waals surface area contributed by atoms with Crippen molar-refractivity contribution in [3.8, 4) is 0 Å². The number of hydrogen-bond acceptors (Lipinski definition) is 2. The van der Waals surface area contributed by atoms with E-state index < -0.39 is 0 Å². The Balaban J connectivity index is 3.72. The molecule has 1 unspecified atom stereocenters. The SMILES string of the molecule is CCN(C)C(C)C(N)=S. The Hall–Kier alpha value is -0.150. The van der Waals surface area contributed by atoms with E-state index in [0.717, 1.165) is 6.54 Å². The van der Waals surface area contributed by atoms with Crippen molar-refractivity contribution in [1.29, 1.82) is 0 Å². The maximum absolute atomic E-state index is 5.40. The third kappa shape index (κ3) is 2.77. The van der Waals surface area contributed by atoms with E-state index in [-0.39, 0.29) is 6.04 Å². The normalized spacial score (nSPS) is 13.8. The summed E-state index contributed by atoms with van der Waals surface area (Å²) in [6.45, 7) is 5.07. The highest BCUT2D eigenvalue weighted by molar-refractivity contribution is 7.80. The van der Waals surface area contributed by atoms with Gasteiger partial charge in [0.15, 0.2) is 0 Å². The molecule has 54 valence electrons. The van der Waals surface area contributed by atoms with Gasteiger partial charge in [-0.25, -0.2) is 0 Å². The van der Waals surface area contributed by atoms with Crippen molar-refractivity contribution >= 4 is 17.2 Å². The number of nitrogens with two attached hydrogens (primary N) is 1. The van der Waals surface area contributed by atoms with Gasteiger partial charge in [0.25, 0.3) is 0 Å². The first kappa shape index (κ1) is 8.85. The van der Waals surface area contributed by atoms with Crippen LogP contribution in [0.4, 0.5) is 0 Å². The molecule has 0 aliphatic rings. The Bertz CT molecular complexity index is 103. The predicted octanol–water partition coefficient (Wildman–Crippen LogP) is 0.613. The summed E-state index contributed by atoms with van der Waals surface area (Å²) in [7, 11) is 2.00. The molecule has 0 radical (unpaired) electrons. The lowest BCUT2D eigenvalue weighted by molar-refractivity contribution is 0.330. The Morgan fingerprint density at radius 2 is 2.22 bits per heavy atom. The minimum Gasteiger partial charge on any atom is -0.392 e. The molecule has 2 nitrogen and oxygen atoms in total. The fourth-order valence-electron chi connectivity index (χ4n) is 0.491. The van der Waals surface area contributed by atoms with E-state index in [1.165, 1.54) is 0 Å². The predicted molar refractivity (Wildman–Crippen MR) is 44.6 cm³/mol. The van der Waals surface area contributed by atoms with Crippen molar-refractivity contribution in [2.45, 2.75) is 19.9 Å². The van der Waals surface area contributed by atoms with Gasteiger partial charge < -0.3 is 5.73 Å². The average Bonchev–Trinajstić information content (AvgIpc) is 1.84. The largest absolute Gasteiger partial charge is 0.392 e. The van der Waals surface area contributed by atoms with Crippen molar-refractivity contribution in [3.63, 3.8) is 0 Å². The topological polar surface area (TPSA) is 29.3 Å². The van der Waals surface area contributed by atoms with Gasteiger partial charge >= 0.3 is 0 Å². The van der Waals surface area contributed by atoms with Gasteiger partial charge in [0.1, 0.15) is 0 Å². The summed E-state index contributed by atoms with van der Waals surface area (Å²) in [5.41, 5.74) is 5.40. The average molecular weight is 146 g/mol. The monoisotopic (exact) mass is 146 g/mol. The number of rotatable bonds is 3. The molecule has 0 amide bonds. The van der Waals surface area contributed by atoms with Gasteiger partial charge in [0.05, 0.1) is 11.0 Å². The van der Waals surface area contributed by atoms with Gasteiger partial charge in [-0.3, -0.25) is 4.90 Å².